The number of esters is 1. The van der Waals surface area contributed by atoms with Crippen molar-refractivity contribution >= 4 is 23.9 Å². The van der Waals surface area contributed by atoms with Gasteiger partial charge in [-0.2, -0.15) is 0 Å². The van der Waals surface area contributed by atoms with Gasteiger partial charge < -0.3 is 15.4 Å². The van der Waals surface area contributed by atoms with Crippen LogP contribution in [0.25, 0.3) is 6.08 Å². The molecule has 0 saturated heterocycles. The molecule has 6 nitrogen and oxygen atoms in total. The van der Waals surface area contributed by atoms with Crippen LogP contribution in [0.4, 0.5) is 4.39 Å². The van der Waals surface area contributed by atoms with Crippen molar-refractivity contribution in [3.8, 4) is 5.75 Å². The summed E-state index contributed by atoms with van der Waals surface area (Å²) in [6, 6.07) is 12.0. The molecular formula is C20H19FN2O4. The molecule has 0 aromatic heterocycles. The third-order valence-electron chi connectivity index (χ3n) is 3.36. The van der Waals surface area contributed by atoms with Crippen LogP contribution in [0.5, 0.6) is 5.75 Å². The summed E-state index contributed by atoms with van der Waals surface area (Å²) < 4.78 is 17.7. The van der Waals surface area contributed by atoms with E-state index in [1.54, 1.807) is 36.4 Å². The van der Waals surface area contributed by atoms with Gasteiger partial charge in [0.05, 0.1) is 0 Å². The van der Waals surface area contributed by atoms with Crippen LogP contribution in [-0.4, -0.2) is 30.9 Å². The van der Waals surface area contributed by atoms with Gasteiger partial charge in [0.25, 0.3) is 5.91 Å². The first-order chi connectivity index (χ1) is 12.9. The van der Waals surface area contributed by atoms with Gasteiger partial charge >= 0.3 is 5.97 Å². The molecule has 0 radical (unpaired) electrons. The molecule has 0 unspecified atom stereocenters. The minimum Gasteiger partial charge on any atom is -0.427 e. The molecule has 0 atom stereocenters. The Morgan fingerprint density at radius 1 is 1.04 bits per heavy atom. The smallest absolute Gasteiger partial charge is 0.308 e. The van der Waals surface area contributed by atoms with E-state index in [0.29, 0.717) is 11.1 Å². The van der Waals surface area contributed by atoms with Crippen molar-refractivity contribution in [1.82, 2.24) is 10.6 Å². The van der Waals surface area contributed by atoms with E-state index in [0.717, 1.165) is 0 Å². The Hall–Kier alpha value is -3.48. The Kier molecular flexibility index (Phi) is 7.25. The monoisotopic (exact) mass is 370 g/mol. The normalized spacial score (nSPS) is 10.4. The number of ether oxygens (including phenoxy) is 1. The van der Waals surface area contributed by atoms with Crippen LogP contribution in [0.15, 0.2) is 54.6 Å². The van der Waals surface area contributed by atoms with Crippen LogP contribution in [0, 0.1) is 5.82 Å². The van der Waals surface area contributed by atoms with Crippen molar-refractivity contribution in [1.29, 1.82) is 0 Å². The van der Waals surface area contributed by atoms with Gasteiger partial charge in [0.2, 0.25) is 5.91 Å². The fraction of sp³-hybridized carbons (Fsp3) is 0.150. The topological polar surface area (TPSA) is 84.5 Å². The van der Waals surface area contributed by atoms with Gasteiger partial charge in [-0.1, -0.05) is 18.2 Å². The van der Waals surface area contributed by atoms with Gasteiger partial charge in [-0.15, -0.1) is 0 Å². The summed E-state index contributed by atoms with van der Waals surface area (Å²) >= 11 is 0. The largest absolute Gasteiger partial charge is 0.427 e. The minimum absolute atomic E-state index is 0.229. The number of halogens is 1. The maximum atomic E-state index is 12.8. The molecule has 7 heteroatoms. The Morgan fingerprint density at radius 2 is 1.74 bits per heavy atom. The maximum absolute atomic E-state index is 12.8. The van der Waals surface area contributed by atoms with Gasteiger partial charge in [0, 0.05) is 31.7 Å². The summed E-state index contributed by atoms with van der Waals surface area (Å²) in [4.78, 5) is 34.7. The second-order valence-electron chi connectivity index (χ2n) is 5.55. The zero-order chi connectivity index (χ0) is 19.6. The van der Waals surface area contributed by atoms with Gasteiger partial charge in [-0.05, 0) is 42.0 Å². The van der Waals surface area contributed by atoms with Crippen molar-refractivity contribution in [3.63, 3.8) is 0 Å². The molecule has 0 heterocycles. The predicted molar refractivity (Wildman–Crippen MR) is 98.5 cm³/mol. The van der Waals surface area contributed by atoms with Gasteiger partial charge in [-0.3, -0.25) is 14.4 Å². The van der Waals surface area contributed by atoms with E-state index in [9.17, 15) is 18.8 Å². The van der Waals surface area contributed by atoms with E-state index >= 15 is 0 Å². The molecule has 0 aliphatic rings. The molecule has 2 N–H and O–H groups in total. The summed E-state index contributed by atoms with van der Waals surface area (Å²) in [6.07, 6.45) is 2.89. The van der Waals surface area contributed by atoms with Crippen LogP contribution in [0.2, 0.25) is 0 Å². The number of hydrogen-bond acceptors (Lipinski definition) is 4. The molecule has 0 spiro atoms. The highest BCUT2D eigenvalue weighted by Gasteiger charge is 2.07. The van der Waals surface area contributed by atoms with Crippen molar-refractivity contribution in [2.75, 3.05) is 13.1 Å². The Bertz CT molecular complexity index is 847. The molecular weight excluding hydrogens is 351 g/mol. The first-order valence-electron chi connectivity index (χ1n) is 8.22. The number of carbonyl (C=O) groups is 3. The Morgan fingerprint density at radius 3 is 2.44 bits per heavy atom. The summed E-state index contributed by atoms with van der Waals surface area (Å²) in [7, 11) is 0. The highest BCUT2D eigenvalue weighted by atomic mass is 19.1. The molecule has 27 heavy (non-hydrogen) atoms. The van der Waals surface area contributed by atoms with E-state index in [4.69, 9.17) is 4.74 Å². The van der Waals surface area contributed by atoms with Crippen molar-refractivity contribution < 1.29 is 23.5 Å². The molecule has 0 aliphatic heterocycles. The van der Waals surface area contributed by atoms with Crippen LogP contribution >= 0.6 is 0 Å². The zero-order valence-corrected chi connectivity index (χ0v) is 14.7. The second-order valence-corrected chi connectivity index (χ2v) is 5.55. The third kappa shape index (κ3) is 7.11. The molecule has 2 aromatic carbocycles. The predicted octanol–water partition coefficient (Wildman–Crippen LogP) is 2.31. The average molecular weight is 370 g/mol. The van der Waals surface area contributed by atoms with Crippen molar-refractivity contribution in [2.45, 2.75) is 6.92 Å². The van der Waals surface area contributed by atoms with E-state index in [1.165, 1.54) is 31.2 Å². The SMILES string of the molecule is CC(=O)Oc1cccc(C(=O)NCCNC(=O)/C=C/c2ccc(F)cc2)c1. The lowest BCUT2D eigenvalue weighted by Crippen LogP contribution is -2.34. The van der Waals surface area contributed by atoms with Gasteiger partial charge in [-0.25, -0.2) is 4.39 Å². The summed E-state index contributed by atoms with van der Waals surface area (Å²) in [5.74, 6) is -1.20. The van der Waals surface area contributed by atoms with Crippen LogP contribution in [-0.2, 0) is 9.59 Å². The second kappa shape index (κ2) is 9.86. The lowest BCUT2D eigenvalue weighted by Gasteiger charge is -2.07. The molecule has 0 saturated carbocycles. The first-order valence-corrected chi connectivity index (χ1v) is 8.22. The Balaban J connectivity index is 1.74. The first kappa shape index (κ1) is 19.8. The average Bonchev–Trinajstić information content (AvgIpc) is 2.64. The fourth-order valence-corrected chi connectivity index (χ4v) is 2.14. The van der Waals surface area contributed by atoms with E-state index in [2.05, 4.69) is 10.6 Å². The lowest BCUT2D eigenvalue weighted by molar-refractivity contribution is -0.131. The lowest BCUT2D eigenvalue weighted by atomic mass is 10.2. The highest BCUT2D eigenvalue weighted by molar-refractivity contribution is 5.95. The van der Waals surface area contributed by atoms with E-state index < -0.39 is 5.97 Å². The van der Waals surface area contributed by atoms with Crippen molar-refractivity contribution in [3.05, 3.63) is 71.6 Å². The molecule has 2 rings (SSSR count). The molecule has 140 valence electrons. The summed E-state index contributed by atoms with van der Waals surface area (Å²) in [5, 5.41) is 5.28. The maximum Gasteiger partial charge on any atom is 0.308 e. The van der Waals surface area contributed by atoms with Crippen LogP contribution in [0.3, 0.4) is 0 Å². The number of carbonyl (C=O) groups excluding carboxylic acids is 3. The number of nitrogens with one attached hydrogen (secondary N) is 2. The number of hydrogen-bond donors (Lipinski definition) is 2. The minimum atomic E-state index is -0.469. The van der Waals surface area contributed by atoms with Crippen LogP contribution in [0.1, 0.15) is 22.8 Å². The summed E-state index contributed by atoms with van der Waals surface area (Å²) in [5.41, 5.74) is 1.05. The quantitative estimate of drug-likeness (QED) is 0.339. The molecule has 2 aromatic rings. The molecule has 2 amide bonds. The molecule has 0 fully saturated rings. The third-order valence-corrected chi connectivity index (χ3v) is 3.36. The number of rotatable bonds is 7. The Labute approximate surface area is 156 Å². The van der Waals surface area contributed by atoms with E-state index in [-0.39, 0.29) is 36.5 Å². The summed E-state index contributed by atoms with van der Waals surface area (Å²) in [6.45, 7) is 1.74. The number of benzene rings is 2. The van der Waals surface area contributed by atoms with Gasteiger partial charge in [0.15, 0.2) is 0 Å². The molecule has 0 aliphatic carbocycles. The van der Waals surface area contributed by atoms with E-state index in [1.807, 2.05) is 0 Å². The van der Waals surface area contributed by atoms with Crippen LogP contribution < -0.4 is 15.4 Å². The highest BCUT2D eigenvalue weighted by Crippen LogP contribution is 2.13. The molecule has 0 bridgehead atoms. The van der Waals surface area contributed by atoms with Crippen molar-refractivity contribution in [2.24, 2.45) is 0 Å². The fourth-order valence-electron chi connectivity index (χ4n) is 2.14. The standard InChI is InChI=1S/C20H19FN2O4/c1-14(24)27-18-4-2-3-16(13-18)20(26)23-12-11-22-19(25)10-7-15-5-8-17(21)9-6-15/h2-10,13H,11-12H2,1H3,(H,22,25)(H,23,26)/b10-7+. The zero-order valence-electron chi connectivity index (χ0n) is 14.7. The number of amides is 2. The van der Waals surface area contributed by atoms with Gasteiger partial charge in [0.1, 0.15) is 11.6 Å².